The molecule has 9 nitrogen and oxygen atoms in total. The summed E-state index contributed by atoms with van der Waals surface area (Å²) in [5.41, 5.74) is 1.06. The molecule has 31 heavy (non-hydrogen) atoms. The van der Waals surface area contributed by atoms with Crippen LogP contribution >= 0.6 is 0 Å². The van der Waals surface area contributed by atoms with Crippen LogP contribution in [0.5, 0.6) is 0 Å². The van der Waals surface area contributed by atoms with Gasteiger partial charge >= 0.3 is 11.9 Å². The van der Waals surface area contributed by atoms with E-state index in [1.54, 1.807) is 13.8 Å². The van der Waals surface area contributed by atoms with Gasteiger partial charge in [-0.25, -0.2) is 4.79 Å². The zero-order valence-electron chi connectivity index (χ0n) is 18.3. The second-order valence-electron chi connectivity index (χ2n) is 7.39. The molecule has 0 saturated carbocycles. The number of nitrogens with one attached hydrogen (secondary N) is 1. The number of aliphatic carboxylic acids is 1. The van der Waals surface area contributed by atoms with Crippen LogP contribution < -0.4 is 5.32 Å². The van der Waals surface area contributed by atoms with Gasteiger partial charge in [0.25, 0.3) is 0 Å². The number of rotatable bonds is 12. The lowest BCUT2D eigenvalue weighted by Crippen LogP contribution is -2.56. The molecule has 1 saturated heterocycles. The molecule has 1 aromatic carbocycles. The number of ether oxygens (including phenoxy) is 3. The van der Waals surface area contributed by atoms with Crippen molar-refractivity contribution in [3.05, 3.63) is 35.9 Å². The summed E-state index contributed by atoms with van der Waals surface area (Å²) in [6.45, 7) is 5.77. The monoisotopic (exact) mass is 436 g/mol. The lowest BCUT2D eigenvalue weighted by Gasteiger charge is -2.32. The van der Waals surface area contributed by atoms with Gasteiger partial charge in [-0.2, -0.15) is 0 Å². The highest BCUT2D eigenvalue weighted by molar-refractivity contribution is 5.87. The first kappa shape index (κ1) is 24.8. The molecule has 1 aromatic rings. The second-order valence-corrected chi connectivity index (χ2v) is 7.39. The number of nitrogens with zero attached hydrogens (tertiary/aromatic N) is 1. The van der Waals surface area contributed by atoms with E-state index in [9.17, 15) is 19.5 Å². The van der Waals surface area contributed by atoms with Crippen LogP contribution in [0.2, 0.25) is 0 Å². The van der Waals surface area contributed by atoms with Gasteiger partial charge < -0.3 is 24.2 Å². The van der Waals surface area contributed by atoms with Crippen molar-refractivity contribution >= 4 is 17.8 Å². The normalized spacial score (nSPS) is 17.0. The first-order chi connectivity index (χ1) is 14.8. The fourth-order valence-corrected chi connectivity index (χ4v) is 3.34. The SMILES string of the molecule is CCOC(=O)C(CCc1ccccc1)N[C@@H](C)C(=O)N(CC1OCCO1)[C@@H](C)C(=O)O. The number of aryl methyl sites for hydroxylation is 1. The highest BCUT2D eigenvalue weighted by Crippen LogP contribution is 2.13. The van der Waals surface area contributed by atoms with Crippen molar-refractivity contribution in [2.24, 2.45) is 0 Å². The molecule has 9 heteroatoms. The molecule has 172 valence electrons. The average molecular weight is 437 g/mol. The Balaban J connectivity index is 2.07. The van der Waals surface area contributed by atoms with Crippen molar-refractivity contribution in [2.75, 3.05) is 26.4 Å². The molecule has 1 unspecified atom stereocenters. The van der Waals surface area contributed by atoms with Crippen LogP contribution in [0, 0.1) is 0 Å². The molecule has 1 aliphatic rings. The van der Waals surface area contributed by atoms with Gasteiger partial charge in [0.05, 0.1) is 32.4 Å². The van der Waals surface area contributed by atoms with Crippen molar-refractivity contribution in [1.29, 1.82) is 0 Å². The quantitative estimate of drug-likeness (QED) is 0.470. The van der Waals surface area contributed by atoms with Crippen LogP contribution in [-0.4, -0.2) is 78.6 Å². The van der Waals surface area contributed by atoms with Gasteiger partial charge in [0.2, 0.25) is 5.91 Å². The number of carbonyl (C=O) groups is 3. The Labute approximate surface area is 182 Å². The molecule has 0 spiro atoms. The van der Waals surface area contributed by atoms with E-state index in [4.69, 9.17) is 14.2 Å². The zero-order valence-corrected chi connectivity index (χ0v) is 18.3. The summed E-state index contributed by atoms with van der Waals surface area (Å²) in [7, 11) is 0. The van der Waals surface area contributed by atoms with Crippen LogP contribution in [0.1, 0.15) is 32.8 Å². The molecular formula is C22H32N2O7. The van der Waals surface area contributed by atoms with E-state index < -0.39 is 42.3 Å². The Kier molecular flexibility index (Phi) is 9.90. The fourth-order valence-electron chi connectivity index (χ4n) is 3.34. The predicted octanol–water partition coefficient (Wildman–Crippen LogP) is 1.20. The molecule has 0 bridgehead atoms. The molecule has 1 heterocycles. The van der Waals surface area contributed by atoms with Gasteiger partial charge in [0.1, 0.15) is 12.1 Å². The van der Waals surface area contributed by atoms with E-state index in [0.29, 0.717) is 26.1 Å². The van der Waals surface area contributed by atoms with E-state index in [1.807, 2.05) is 30.3 Å². The van der Waals surface area contributed by atoms with Crippen molar-refractivity contribution < 1.29 is 33.7 Å². The predicted molar refractivity (Wildman–Crippen MR) is 112 cm³/mol. The Morgan fingerprint density at radius 2 is 1.84 bits per heavy atom. The molecule has 2 N–H and O–H groups in total. The smallest absolute Gasteiger partial charge is 0.326 e. The standard InChI is InChI=1S/C22H32N2O7/c1-4-29-22(28)18(11-10-17-8-6-5-7-9-17)23-15(2)20(25)24(16(3)21(26)27)14-19-30-12-13-31-19/h5-9,15-16,18-19,23H,4,10-14H2,1-3H3,(H,26,27)/t15-,16-,18?/m0/s1. The van der Waals surface area contributed by atoms with Crippen LogP contribution in [0.3, 0.4) is 0 Å². The highest BCUT2D eigenvalue weighted by atomic mass is 16.7. The van der Waals surface area contributed by atoms with Gasteiger partial charge in [-0.15, -0.1) is 0 Å². The van der Waals surface area contributed by atoms with Gasteiger partial charge in [-0.05, 0) is 39.2 Å². The van der Waals surface area contributed by atoms with E-state index in [-0.39, 0.29) is 13.2 Å². The molecule has 0 aliphatic carbocycles. The van der Waals surface area contributed by atoms with Gasteiger partial charge in [-0.3, -0.25) is 14.9 Å². The Hall–Kier alpha value is -2.49. The molecule has 0 radical (unpaired) electrons. The van der Waals surface area contributed by atoms with Crippen molar-refractivity contribution in [3.8, 4) is 0 Å². The number of carboxylic acids is 1. The number of amides is 1. The van der Waals surface area contributed by atoms with Crippen LogP contribution in [-0.2, 0) is 35.0 Å². The van der Waals surface area contributed by atoms with Gasteiger partial charge in [0, 0.05) is 0 Å². The minimum absolute atomic E-state index is 0.00753. The number of carbonyl (C=O) groups excluding carboxylic acids is 2. The molecule has 1 fully saturated rings. The molecular weight excluding hydrogens is 404 g/mol. The topological polar surface area (TPSA) is 114 Å². The number of carboxylic acid groups (broad SMARTS) is 1. The number of hydrogen-bond donors (Lipinski definition) is 2. The lowest BCUT2D eigenvalue weighted by molar-refractivity contribution is -0.156. The average Bonchev–Trinajstić information content (AvgIpc) is 3.28. The maximum absolute atomic E-state index is 13.1. The summed E-state index contributed by atoms with van der Waals surface area (Å²) in [6.07, 6.45) is 0.387. The summed E-state index contributed by atoms with van der Waals surface area (Å²) in [5.74, 6) is -2.04. The Morgan fingerprint density at radius 3 is 2.42 bits per heavy atom. The van der Waals surface area contributed by atoms with Crippen LogP contribution in [0.15, 0.2) is 30.3 Å². The van der Waals surface area contributed by atoms with Crippen molar-refractivity contribution in [3.63, 3.8) is 0 Å². The van der Waals surface area contributed by atoms with Gasteiger partial charge in [0.15, 0.2) is 6.29 Å². The summed E-state index contributed by atoms with van der Waals surface area (Å²) in [6, 6.07) is 7.10. The third-order valence-electron chi connectivity index (χ3n) is 5.10. The van der Waals surface area contributed by atoms with E-state index in [2.05, 4.69) is 5.32 Å². The van der Waals surface area contributed by atoms with Gasteiger partial charge in [-0.1, -0.05) is 30.3 Å². The third-order valence-corrected chi connectivity index (χ3v) is 5.10. The molecule has 0 aromatic heterocycles. The van der Waals surface area contributed by atoms with Crippen LogP contribution in [0.25, 0.3) is 0 Å². The zero-order chi connectivity index (χ0) is 22.8. The lowest BCUT2D eigenvalue weighted by atomic mass is 10.0. The molecule has 1 amide bonds. The maximum Gasteiger partial charge on any atom is 0.326 e. The van der Waals surface area contributed by atoms with E-state index >= 15 is 0 Å². The Bertz CT molecular complexity index is 722. The summed E-state index contributed by atoms with van der Waals surface area (Å²) >= 11 is 0. The molecule has 3 atom stereocenters. The first-order valence-corrected chi connectivity index (χ1v) is 10.6. The fraction of sp³-hybridized carbons (Fsp3) is 0.591. The summed E-state index contributed by atoms with van der Waals surface area (Å²) < 4.78 is 15.9. The molecule has 2 rings (SSSR count). The minimum Gasteiger partial charge on any atom is -0.480 e. The summed E-state index contributed by atoms with van der Waals surface area (Å²) in [4.78, 5) is 38.3. The minimum atomic E-state index is -1.13. The third kappa shape index (κ3) is 7.61. The Morgan fingerprint density at radius 1 is 1.19 bits per heavy atom. The van der Waals surface area contributed by atoms with Crippen molar-refractivity contribution in [1.82, 2.24) is 10.2 Å². The van der Waals surface area contributed by atoms with E-state index in [0.717, 1.165) is 5.56 Å². The number of esters is 1. The van der Waals surface area contributed by atoms with Crippen LogP contribution in [0.4, 0.5) is 0 Å². The van der Waals surface area contributed by atoms with Crippen molar-refractivity contribution in [2.45, 2.75) is 58.0 Å². The maximum atomic E-state index is 13.1. The highest BCUT2D eigenvalue weighted by Gasteiger charge is 2.34. The molecule has 1 aliphatic heterocycles. The summed E-state index contributed by atoms with van der Waals surface area (Å²) in [5, 5.41) is 12.5. The second kappa shape index (κ2) is 12.4. The number of benzene rings is 1. The largest absolute Gasteiger partial charge is 0.480 e. The first-order valence-electron chi connectivity index (χ1n) is 10.6. The number of hydrogen-bond acceptors (Lipinski definition) is 7. The van der Waals surface area contributed by atoms with E-state index in [1.165, 1.54) is 11.8 Å².